The molecule has 7 nitrogen and oxygen atoms in total. The molecule has 0 amide bonds. The number of ether oxygens (including phenoxy) is 2. The van der Waals surface area contributed by atoms with E-state index in [0.29, 0.717) is 28.2 Å². The lowest BCUT2D eigenvalue weighted by Gasteiger charge is -2.15. The molecule has 1 aromatic heterocycles. The van der Waals surface area contributed by atoms with Crippen LogP contribution in [-0.4, -0.2) is 35.4 Å². The first-order valence-corrected chi connectivity index (χ1v) is 9.90. The molecule has 0 bridgehead atoms. The summed E-state index contributed by atoms with van der Waals surface area (Å²) >= 11 is 5.15. The zero-order valence-electron chi connectivity index (χ0n) is 17.5. The standard InChI is InChI=1S/C21H21F3N4O3S/c1-12-26-16-11-18(31-3)17(30-2)10-15(16)19(29)28(12)8-7-25-20(32)27-14-6-4-5-13(9-14)21(22,23)24/h4-6,9-11H,7-8H2,1-3H3,(H2,25,27,32). The van der Waals surface area contributed by atoms with E-state index < -0.39 is 11.7 Å². The van der Waals surface area contributed by atoms with E-state index in [1.807, 2.05) is 0 Å². The third-order valence-corrected chi connectivity index (χ3v) is 4.97. The van der Waals surface area contributed by atoms with Crippen LogP contribution in [-0.2, 0) is 12.7 Å². The first-order valence-electron chi connectivity index (χ1n) is 9.49. The third-order valence-electron chi connectivity index (χ3n) is 4.72. The fourth-order valence-corrected chi connectivity index (χ4v) is 3.37. The van der Waals surface area contributed by atoms with Gasteiger partial charge >= 0.3 is 6.18 Å². The lowest BCUT2D eigenvalue weighted by Crippen LogP contribution is -2.34. The summed E-state index contributed by atoms with van der Waals surface area (Å²) in [4.78, 5) is 17.4. The van der Waals surface area contributed by atoms with Crippen molar-refractivity contribution in [1.29, 1.82) is 0 Å². The van der Waals surface area contributed by atoms with E-state index in [-0.39, 0.29) is 29.4 Å². The molecular formula is C21H21F3N4O3S. The Morgan fingerprint density at radius 3 is 2.50 bits per heavy atom. The number of nitrogens with zero attached hydrogens (tertiary/aromatic N) is 2. The van der Waals surface area contributed by atoms with E-state index >= 15 is 0 Å². The number of nitrogens with one attached hydrogen (secondary N) is 2. The predicted octanol–water partition coefficient (Wildman–Crippen LogP) is 3.73. The molecule has 32 heavy (non-hydrogen) atoms. The average molecular weight is 466 g/mol. The van der Waals surface area contributed by atoms with Gasteiger partial charge in [0, 0.05) is 24.8 Å². The summed E-state index contributed by atoms with van der Waals surface area (Å²) in [5.41, 5.74) is -0.344. The van der Waals surface area contributed by atoms with Gasteiger partial charge in [0.1, 0.15) is 5.82 Å². The molecule has 0 atom stereocenters. The molecule has 0 unspecified atom stereocenters. The van der Waals surface area contributed by atoms with Gasteiger partial charge < -0.3 is 20.1 Å². The number of hydrogen-bond acceptors (Lipinski definition) is 5. The Balaban J connectivity index is 1.71. The van der Waals surface area contributed by atoms with Gasteiger partial charge in [-0.3, -0.25) is 9.36 Å². The maximum atomic E-state index is 13.0. The van der Waals surface area contributed by atoms with Crippen molar-refractivity contribution in [2.75, 3.05) is 26.1 Å². The molecule has 1 heterocycles. The topological polar surface area (TPSA) is 77.4 Å². The highest BCUT2D eigenvalue weighted by Gasteiger charge is 2.30. The van der Waals surface area contributed by atoms with Crippen molar-refractivity contribution in [1.82, 2.24) is 14.9 Å². The van der Waals surface area contributed by atoms with Crippen molar-refractivity contribution >= 4 is 33.9 Å². The zero-order valence-corrected chi connectivity index (χ0v) is 18.4. The number of anilines is 1. The normalized spacial score (nSPS) is 11.3. The molecule has 170 valence electrons. The Bertz CT molecular complexity index is 1210. The Hall–Kier alpha value is -3.34. The van der Waals surface area contributed by atoms with Crippen LogP contribution in [0.5, 0.6) is 11.5 Å². The summed E-state index contributed by atoms with van der Waals surface area (Å²) in [6, 6.07) is 7.94. The van der Waals surface area contributed by atoms with Crippen LogP contribution in [0.1, 0.15) is 11.4 Å². The molecule has 0 radical (unpaired) electrons. The molecule has 0 aliphatic heterocycles. The molecule has 0 saturated carbocycles. The van der Waals surface area contributed by atoms with E-state index in [9.17, 15) is 18.0 Å². The molecule has 2 aromatic carbocycles. The number of benzene rings is 2. The van der Waals surface area contributed by atoms with Crippen LogP contribution in [0.3, 0.4) is 0 Å². The minimum Gasteiger partial charge on any atom is -0.493 e. The van der Waals surface area contributed by atoms with Crippen molar-refractivity contribution < 1.29 is 22.6 Å². The lowest BCUT2D eigenvalue weighted by atomic mass is 10.2. The number of hydrogen-bond donors (Lipinski definition) is 2. The van der Waals surface area contributed by atoms with Crippen molar-refractivity contribution in [2.45, 2.75) is 19.6 Å². The number of methoxy groups -OCH3 is 2. The Labute approximate surface area is 187 Å². The number of rotatable bonds is 6. The fraction of sp³-hybridized carbons (Fsp3) is 0.286. The quantitative estimate of drug-likeness (QED) is 0.536. The fourth-order valence-electron chi connectivity index (χ4n) is 3.15. The van der Waals surface area contributed by atoms with Crippen molar-refractivity contribution in [3.63, 3.8) is 0 Å². The smallest absolute Gasteiger partial charge is 0.416 e. The first-order chi connectivity index (χ1) is 15.1. The Morgan fingerprint density at radius 1 is 1.16 bits per heavy atom. The van der Waals surface area contributed by atoms with Crippen molar-refractivity contribution in [2.24, 2.45) is 0 Å². The van der Waals surface area contributed by atoms with Crippen molar-refractivity contribution in [3.05, 3.63) is 58.1 Å². The molecule has 3 rings (SSSR count). The minimum absolute atomic E-state index is 0.134. The number of halogens is 3. The first kappa shape index (κ1) is 23.3. The van der Waals surface area contributed by atoms with Crippen LogP contribution >= 0.6 is 12.2 Å². The second kappa shape index (κ2) is 9.43. The number of aryl methyl sites for hydroxylation is 1. The monoisotopic (exact) mass is 466 g/mol. The maximum Gasteiger partial charge on any atom is 0.416 e. The predicted molar refractivity (Wildman–Crippen MR) is 120 cm³/mol. The maximum absolute atomic E-state index is 13.0. The van der Waals surface area contributed by atoms with Gasteiger partial charge in [-0.1, -0.05) is 6.07 Å². The van der Waals surface area contributed by atoms with Gasteiger partial charge in [0.15, 0.2) is 16.6 Å². The Kier molecular flexibility index (Phi) is 6.87. The van der Waals surface area contributed by atoms with Crippen LogP contribution in [0.2, 0.25) is 0 Å². The number of alkyl halides is 3. The van der Waals surface area contributed by atoms with Crippen LogP contribution in [0, 0.1) is 6.92 Å². The van der Waals surface area contributed by atoms with Gasteiger partial charge in [0.05, 0.1) is 30.7 Å². The van der Waals surface area contributed by atoms with Crippen LogP contribution in [0.4, 0.5) is 18.9 Å². The van der Waals surface area contributed by atoms with Gasteiger partial charge in [-0.2, -0.15) is 13.2 Å². The van der Waals surface area contributed by atoms with Gasteiger partial charge in [-0.15, -0.1) is 0 Å². The van der Waals surface area contributed by atoms with Crippen LogP contribution in [0.15, 0.2) is 41.2 Å². The highest BCUT2D eigenvalue weighted by molar-refractivity contribution is 7.80. The molecule has 11 heteroatoms. The van der Waals surface area contributed by atoms with E-state index in [4.69, 9.17) is 21.7 Å². The molecule has 3 aromatic rings. The number of thiocarbonyl (C=S) groups is 1. The summed E-state index contributed by atoms with van der Waals surface area (Å²) in [7, 11) is 2.98. The van der Waals surface area contributed by atoms with Crippen molar-refractivity contribution in [3.8, 4) is 11.5 Å². The molecule has 2 N–H and O–H groups in total. The SMILES string of the molecule is COc1cc2nc(C)n(CCNC(=S)Nc3cccc(C(F)(F)F)c3)c(=O)c2cc1OC. The van der Waals surface area contributed by atoms with Crippen LogP contribution in [0.25, 0.3) is 10.9 Å². The second-order valence-electron chi connectivity index (χ2n) is 6.80. The van der Waals surface area contributed by atoms with Gasteiger partial charge in [0.2, 0.25) is 0 Å². The van der Waals surface area contributed by atoms with Crippen LogP contribution < -0.4 is 25.7 Å². The highest BCUT2D eigenvalue weighted by Crippen LogP contribution is 2.31. The van der Waals surface area contributed by atoms with E-state index in [1.54, 1.807) is 19.1 Å². The average Bonchev–Trinajstić information content (AvgIpc) is 2.74. The molecule has 0 saturated heterocycles. The van der Waals surface area contributed by atoms with Gasteiger partial charge in [0.25, 0.3) is 5.56 Å². The van der Waals surface area contributed by atoms with Gasteiger partial charge in [-0.05, 0) is 43.4 Å². The van der Waals surface area contributed by atoms with E-state index in [0.717, 1.165) is 12.1 Å². The third kappa shape index (κ3) is 5.10. The molecule has 0 fully saturated rings. The summed E-state index contributed by atoms with van der Waals surface area (Å²) in [6.45, 7) is 2.20. The molecule has 0 spiro atoms. The Morgan fingerprint density at radius 2 is 1.84 bits per heavy atom. The number of aromatic nitrogens is 2. The molecular weight excluding hydrogens is 445 g/mol. The zero-order chi connectivity index (χ0) is 23.5. The minimum atomic E-state index is -4.44. The van der Waals surface area contributed by atoms with E-state index in [1.165, 1.54) is 30.9 Å². The summed E-state index contributed by atoms with van der Waals surface area (Å²) in [5.74, 6) is 1.38. The lowest BCUT2D eigenvalue weighted by molar-refractivity contribution is -0.137. The largest absolute Gasteiger partial charge is 0.493 e. The molecule has 0 aliphatic rings. The summed E-state index contributed by atoms with van der Waals surface area (Å²) < 4.78 is 50.5. The summed E-state index contributed by atoms with van der Waals surface area (Å²) in [5, 5.41) is 6.11. The molecule has 0 aliphatic carbocycles. The van der Waals surface area contributed by atoms with E-state index in [2.05, 4.69) is 15.6 Å². The van der Waals surface area contributed by atoms with Gasteiger partial charge in [-0.25, -0.2) is 4.98 Å². The number of fused-ring (bicyclic) bond motifs is 1. The second-order valence-corrected chi connectivity index (χ2v) is 7.21. The summed E-state index contributed by atoms with van der Waals surface area (Å²) in [6.07, 6.45) is -4.44. The highest BCUT2D eigenvalue weighted by atomic mass is 32.1.